The van der Waals surface area contributed by atoms with E-state index in [1.807, 2.05) is 0 Å². The van der Waals surface area contributed by atoms with Gasteiger partial charge in [-0.05, 0) is 6.42 Å². The molecule has 0 atom stereocenters. The van der Waals surface area contributed by atoms with Crippen LogP contribution in [0.25, 0.3) is 0 Å². The molecule has 0 N–H and O–H groups in total. The molecule has 0 bridgehead atoms. The highest BCUT2D eigenvalue weighted by molar-refractivity contribution is 5.96. The summed E-state index contributed by atoms with van der Waals surface area (Å²) in [6.07, 6.45) is 16.6. The second kappa shape index (κ2) is 17.3. The zero-order valence-electron chi connectivity index (χ0n) is 20.9. The number of hydrogen-bond donors (Lipinski definition) is 0. The topological polar surface area (TPSA) is 46.6 Å². The van der Waals surface area contributed by atoms with Crippen molar-refractivity contribution in [2.75, 3.05) is 20.2 Å². The summed E-state index contributed by atoms with van der Waals surface area (Å²) in [6.45, 7) is 1.66. The predicted octanol–water partition coefficient (Wildman–Crippen LogP) is 7.48. The largest absolute Gasteiger partial charge is 0.464 e. The highest BCUT2D eigenvalue weighted by Crippen LogP contribution is 2.24. The Hall–Kier alpha value is -2.19. The monoisotopic (exact) mass is 507 g/mol. The van der Waals surface area contributed by atoms with Crippen molar-refractivity contribution >= 4 is 11.9 Å². The molecule has 0 radical (unpaired) electrons. The van der Waals surface area contributed by atoms with Crippen LogP contribution in [0.1, 0.15) is 107 Å². The van der Waals surface area contributed by atoms with Crippen LogP contribution in [0.15, 0.2) is 0 Å². The van der Waals surface area contributed by atoms with Crippen LogP contribution >= 0.6 is 0 Å². The third kappa shape index (κ3) is 10.9. The first-order valence-corrected chi connectivity index (χ1v) is 12.6. The molecule has 0 aliphatic rings. The third-order valence-corrected chi connectivity index (χ3v) is 5.90. The van der Waals surface area contributed by atoms with Crippen molar-refractivity contribution in [3.05, 3.63) is 34.6 Å². The first-order valence-electron chi connectivity index (χ1n) is 12.6. The standard InChI is InChI=1S/C26H38F5NO3/c1-3-4-5-6-7-8-9-10-11-12-13-14-15-16-17-35-19(33)18-32(2)26(34)20-21(27)23(29)25(31)24(30)22(20)28/h3-18H2,1-2H3. The summed E-state index contributed by atoms with van der Waals surface area (Å²) >= 11 is 0. The van der Waals surface area contributed by atoms with Crippen LogP contribution < -0.4 is 0 Å². The number of likely N-dealkylation sites (N-methyl/N-ethyl adjacent to an activating group) is 1. The summed E-state index contributed by atoms with van der Waals surface area (Å²) < 4.78 is 72.3. The molecule has 35 heavy (non-hydrogen) atoms. The normalized spacial score (nSPS) is 11.1. The van der Waals surface area contributed by atoms with Gasteiger partial charge in [-0.15, -0.1) is 0 Å². The van der Waals surface area contributed by atoms with Crippen molar-refractivity contribution in [1.29, 1.82) is 0 Å². The molecule has 0 heterocycles. The molecule has 200 valence electrons. The van der Waals surface area contributed by atoms with Gasteiger partial charge in [-0.2, -0.15) is 0 Å². The van der Waals surface area contributed by atoms with Crippen LogP contribution in [0.2, 0.25) is 0 Å². The summed E-state index contributed by atoms with van der Waals surface area (Å²) in [7, 11) is 1.01. The highest BCUT2D eigenvalue weighted by atomic mass is 19.2. The number of rotatable bonds is 18. The lowest BCUT2D eigenvalue weighted by Crippen LogP contribution is -2.34. The molecule has 1 amide bonds. The number of hydrogen-bond acceptors (Lipinski definition) is 3. The van der Waals surface area contributed by atoms with E-state index < -0.39 is 53.1 Å². The zero-order chi connectivity index (χ0) is 26.2. The molecule has 0 saturated heterocycles. The highest BCUT2D eigenvalue weighted by Gasteiger charge is 2.31. The Kier molecular flexibility index (Phi) is 15.2. The van der Waals surface area contributed by atoms with Crippen molar-refractivity contribution in [1.82, 2.24) is 4.90 Å². The summed E-state index contributed by atoms with van der Waals surface area (Å²) in [5.41, 5.74) is -1.61. The average Bonchev–Trinajstić information content (AvgIpc) is 2.83. The van der Waals surface area contributed by atoms with Crippen molar-refractivity contribution < 1.29 is 36.3 Å². The third-order valence-electron chi connectivity index (χ3n) is 5.90. The summed E-state index contributed by atoms with van der Waals surface area (Å²) in [4.78, 5) is 24.5. The van der Waals surface area contributed by atoms with Gasteiger partial charge < -0.3 is 9.64 Å². The molecule has 0 fully saturated rings. The van der Waals surface area contributed by atoms with Gasteiger partial charge >= 0.3 is 5.97 Å². The minimum atomic E-state index is -2.35. The maximum atomic E-state index is 13.8. The SMILES string of the molecule is CCCCCCCCCCCCCCCCOC(=O)CN(C)C(=O)c1c(F)c(F)c(F)c(F)c1F. The van der Waals surface area contributed by atoms with Crippen LogP contribution in [-0.4, -0.2) is 37.0 Å². The van der Waals surface area contributed by atoms with Gasteiger partial charge in [0, 0.05) is 7.05 Å². The van der Waals surface area contributed by atoms with E-state index in [-0.39, 0.29) is 6.61 Å². The van der Waals surface area contributed by atoms with Crippen LogP contribution in [0.3, 0.4) is 0 Å². The first-order chi connectivity index (χ1) is 16.7. The molecule has 0 aromatic heterocycles. The maximum absolute atomic E-state index is 13.8. The van der Waals surface area contributed by atoms with Gasteiger partial charge in [-0.3, -0.25) is 9.59 Å². The lowest BCUT2D eigenvalue weighted by molar-refractivity contribution is -0.144. The molecular formula is C26H38F5NO3. The van der Waals surface area contributed by atoms with E-state index in [1.54, 1.807) is 0 Å². The van der Waals surface area contributed by atoms with E-state index in [0.717, 1.165) is 26.3 Å². The fraction of sp³-hybridized carbons (Fsp3) is 0.692. The Morgan fingerprint density at radius 1 is 0.629 bits per heavy atom. The predicted molar refractivity (Wildman–Crippen MR) is 124 cm³/mol. The Labute approximate surface area is 205 Å². The number of carbonyl (C=O) groups excluding carboxylic acids is 2. The summed E-state index contributed by atoms with van der Waals surface area (Å²) in [5.74, 6) is -13.6. The zero-order valence-corrected chi connectivity index (χ0v) is 20.9. The number of carbonyl (C=O) groups is 2. The van der Waals surface area contributed by atoms with Crippen molar-refractivity contribution in [3.8, 4) is 0 Å². The second-order valence-corrected chi connectivity index (χ2v) is 8.92. The Bertz CT molecular complexity index is 775. The molecular weight excluding hydrogens is 469 g/mol. The van der Waals surface area contributed by atoms with Crippen LogP contribution in [0.5, 0.6) is 0 Å². The van der Waals surface area contributed by atoms with Gasteiger partial charge in [0.05, 0.1) is 6.61 Å². The molecule has 0 aliphatic carbocycles. The van der Waals surface area contributed by atoms with E-state index in [1.165, 1.54) is 64.2 Å². The fourth-order valence-electron chi connectivity index (χ4n) is 3.78. The molecule has 0 saturated carbocycles. The summed E-state index contributed by atoms with van der Waals surface area (Å²) in [5, 5.41) is 0. The van der Waals surface area contributed by atoms with Crippen LogP contribution in [-0.2, 0) is 9.53 Å². The molecule has 0 unspecified atom stereocenters. The van der Waals surface area contributed by atoms with Gasteiger partial charge in [-0.25, -0.2) is 22.0 Å². The van der Waals surface area contributed by atoms with E-state index in [2.05, 4.69) is 6.92 Å². The van der Waals surface area contributed by atoms with Gasteiger partial charge in [0.1, 0.15) is 12.1 Å². The maximum Gasteiger partial charge on any atom is 0.325 e. The Morgan fingerprint density at radius 3 is 1.43 bits per heavy atom. The number of unbranched alkanes of at least 4 members (excludes halogenated alkanes) is 13. The number of ether oxygens (including phenoxy) is 1. The fourth-order valence-corrected chi connectivity index (χ4v) is 3.78. The second-order valence-electron chi connectivity index (χ2n) is 8.92. The number of benzene rings is 1. The lowest BCUT2D eigenvalue weighted by Gasteiger charge is -2.17. The molecule has 4 nitrogen and oxygen atoms in total. The number of amides is 1. The van der Waals surface area contributed by atoms with Crippen molar-refractivity contribution in [2.45, 2.75) is 96.8 Å². The van der Waals surface area contributed by atoms with Gasteiger partial charge in [0.15, 0.2) is 23.3 Å². The van der Waals surface area contributed by atoms with Gasteiger partial charge in [0.25, 0.3) is 5.91 Å². The Balaban J connectivity index is 2.16. The quantitative estimate of drug-likeness (QED) is 0.0680. The number of esters is 1. The van der Waals surface area contributed by atoms with E-state index in [9.17, 15) is 31.5 Å². The van der Waals surface area contributed by atoms with Crippen molar-refractivity contribution in [3.63, 3.8) is 0 Å². The molecule has 1 aromatic rings. The lowest BCUT2D eigenvalue weighted by atomic mass is 10.0. The molecule has 1 rings (SSSR count). The van der Waals surface area contributed by atoms with Crippen molar-refractivity contribution in [2.24, 2.45) is 0 Å². The minimum Gasteiger partial charge on any atom is -0.464 e. The smallest absolute Gasteiger partial charge is 0.325 e. The van der Waals surface area contributed by atoms with E-state index in [4.69, 9.17) is 4.74 Å². The Morgan fingerprint density at radius 2 is 1.00 bits per heavy atom. The van der Waals surface area contributed by atoms with E-state index >= 15 is 0 Å². The van der Waals surface area contributed by atoms with Gasteiger partial charge in [0.2, 0.25) is 5.82 Å². The van der Waals surface area contributed by atoms with Crippen LogP contribution in [0, 0.1) is 29.1 Å². The van der Waals surface area contributed by atoms with Crippen LogP contribution in [0.4, 0.5) is 22.0 Å². The summed E-state index contributed by atoms with van der Waals surface area (Å²) in [6, 6.07) is 0. The molecule has 0 spiro atoms. The molecule has 9 heteroatoms. The first kappa shape index (κ1) is 30.8. The number of nitrogens with zero attached hydrogens (tertiary/aromatic N) is 1. The van der Waals surface area contributed by atoms with Gasteiger partial charge in [-0.1, -0.05) is 90.4 Å². The molecule has 0 aliphatic heterocycles. The molecule has 1 aromatic carbocycles. The minimum absolute atomic E-state index is 0.126. The van der Waals surface area contributed by atoms with E-state index in [0.29, 0.717) is 11.3 Å². The number of halogens is 5. The average molecular weight is 508 g/mol.